The fraction of sp³-hybridized carbons (Fsp3) is 0.600. The molecule has 0 fully saturated rings. The molecule has 1 heterocycles. The number of carboxylic acids is 1. The number of hydrogen-bond donors (Lipinski definition) is 2. The third-order valence-electron chi connectivity index (χ3n) is 3.48. The van der Waals surface area contributed by atoms with Crippen molar-refractivity contribution in [2.75, 3.05) is 5.32 Å². The van der Waals surface area contributed by atoms with Crippen LogP contribution < -0.4 is 5.32 Å². The number of rotatable bonds is 7. The van der Waals surface area contributed by atoms with Crippen molar-refractivity contribution in [1.29, 1.82) is 0 Å². The third-order valence-corrected chi connectivity index (χ3v) is 4.60. The summed E-state index contributed by atoms with van der Waals surface area (Å²) in [4.78, 5) is 24.5. The summed E-state index contributed by atoms with van der Waals surface area (Å²) in [5.41, 5.74) is 0.966. The van der Waals surface area contributed by atoms with Crippen molar-refractivity contribution in [2.45, 2.75) is 53.4 Å². The van der Waals surface area contributed by atoms with Gasteiger partial charge in [0.2, 0.25) is 5.91 Å². The van der Waals surface area contributed by atoms with Crippen molar-refractivity contribution in [3.63, 3.8) is 0 Å². The van der Waals surface area contributed by atoms with Gasteiger partial charge < -0.3 is 10.4 Å². The lowest BCUT2D eigenvalue weighted by atomic mass is 9.97. The summed E-state index contributed by atoms with van der Waals surface area (Å²) in [6, 6.07) is 0. The van der Waals surface area contributed by atoms with Gasteiger partial charge in [0, 0.05) is 10.8 Å². The van der Waals surface area contributed by atoms with E-state index in [2.05, 4.69) is 19.2 Å². The summed E-state index contributed by atoms with van der Waals surface area (Å²) in [5.74, 6) is -1.07. The van der Waals surface area contributed by atoms with Crippen LogP contribution >= 0.6 is 11.3 Å². The molecule has 112 valence electrons. The number of aromatic carboxylic acids is 1. The molecular weight excluding hydrogens is 274 g/mol. The molecule has 1 aromatic heterocycles. The minimum atomic E-state index is -0.982. The van der Waals surface area contributed by atoms with Gasteiger partial charge in [-0.25, -0.2) is 4.79 Å². The summed E-state index contributed by atoms with van der Waals surface area (Å²) < 4.78 is 0. The van der Waals surface area contributed by atoms with Gasteiger partial charge in [-0.2, -0.15) is 0 Å². The van der Waals surface area contributed by atoms with Crippen LogP contribution in [0.2, 0.25) is 0 Å². The molecule has 0 unspecified atom stereocenters. The Bertz CT molecular complexity index is 488. The molecule has 1 amide bonds. The van der Waals surface area contributed by atoms with Crippen molar-refractivity contribution >= 4 is 28.2 Å². The Hall–Kier alpha value is -1.36. The van der Waals surface area contributed by atoms with Gasteiger partial charge >= 0.3 is 5.97 Å². The third kappa shape index (κ3) is 3.82. The first kappa shape index (κ1) is 16.7. The van der Waals surface area contributed by atoms with E-state index in [9.17, 15) is 14.7 Å². The van der Waals surface area contributed by atoms with Crippen LogP contribution in [0.5, 0.6) is 0 Å². The molecule has 0 aliphatic carbocycles. The topological polar surface area (TPSA) is 66.4 Å². The van der Waals surface area contributed by atoms with Crippen LogP contribution in [0.15, 0.2) is 0 Å². The summed E-state index contributed by atoms with van der Waals surface area (Å²) in [7, 11) is 0. The van der Waals surface area contributed by atoms with Gasteiger partial charge in [0.05, 0.1) is 5.56 Å². The molecule has 0 saturated heterocycles. The van der Waals surface area contributed by atoms with E-state index in [1.54, 1.807) is 6.92 Å². The first-order chi connectivity index (χ1) is 9.42. The minimum absolute atomic E-state index is 0.0330. The van der Waals surface area contributed by atoms with E-state index < -0.39 is 5.97 Å². The first-order valence-corrected chi connectivity index (χ1v) is 7.88. The van der Waals surface area contributed by atoms with Crippen LogP contribution in [0.1, 0.15) is 60.3 Å². The standard InChI is InChI=1S/C15H23NO3S/c1-5-7-11(8-6-2)13(17)16-14-12(15(18)19)9(3)10(4)20-14/h11H,5-8H2,1-4H3,(H,16,17)(H,18,19). The molecule has 5 heteroatoms. The van der Waals surface area contributed by atoms with E-state index in [1.807, 2.05) is 6.92 Å². The molecule has 2 N–H and O–H groups in total. The maximum atomic E-state index is 12.3. The number of carboxylic acid groups (broad SMARTS) is 1. The highest BCUT2D eigenvalue weighted by molar-refractivity contribution is 7.16. The van der Waals surface area contributed by atoms with Crippen molar-refractivity contribution in [3.8, 4) is 0 Å². The number of amides is 1. The van der Waals surface area contributed by atoms with Crippen LogP contribution in [0.25, 0.3) is 0 Å². The summed E-state index contributed by atoms with van der Waals surface area (Å²) in [5, 5.41) is 12.6. The van der Waals surface area contributed by atoms with E-state index in [0.717, 1.165) is 36.1 Å². The Morgan fingerprint density at radius 1 is 1.20 bits per heavy atom. The molecule has 0 aromatic carbocycles. The highest BCUT2D eigenvalue weighted by Gasteiger charge is 2.23. The van der Waals surface area contributed by atoms with Gasteiger partial charge in [-0.1, -0.05) is 26.7 Å². The fourth-order valence-electron chi connectivity index (χ4n) is 2.29. The molecule has 4 nitrogen and oxygen atoms in total. The normalized spacial score (nSPS) is 10.8. The highest BCUT2D eigenvalue weighted by Crippen LogP contribution is 2.33. The lowest BCUT2D eigenvalue weighted by molar-refractivity contribution is -0.120. The van der Waals surface area contributed by atoms with Crippen molar-refractivity contribution in [2.24, 2.45) is 5.92 Å². The minimum Gasteiger partial charge on any atom is -0.478 e. The van der Waals surface area contributed by atoms with Crippen molar-refractivity contribution < 1.29 is 14.7 Å². The Morgan fingerprint density at radius 2 is 1.75 bits per heavy atom. The monoisotopic (exact) mass is 297 g/mol. The van der Waals surface area contributed by atoms with Gasteiger partial charge in [0.1, 0.15) is 5.00 Å². The van der Waals surface area contributed by atoms with E-state index in [0.29, 0.717) is 5.00 Å². The van der Waals surface area contributed by atoms with E-state index in [-0.39, 0.29) is 17.4 Å². The summed E-state index contributed by atoms with van der Waals surface area (Å²) >= 11 is 1.34. The van der Waals surface area contributed by atoms with E-state index in [4.69, 9.17) is 0 Å². The Morgan fingerprint density at radius 3 is 2.20 bits per heavy atom. The number of aryl methyl sites for hydroxylation is 1. The number of anilines is 1. The molecule has 0 radical (unpaired) electrons. The Labute approximate surface area is 124 Å². The zero-order chi connectivity index (χ0) is 15.3. The second-order valence-electron chi connectivity index (χ2n) is 5.06. The number of hydrogen-bond acceptors (Lipinski definition) is 3. The molecule has 1 rings (SSSR count). The van der Waals surface area contributed by atoms with Gasteiger partial charge in [-0.05, 0) is 32.3 Å². The largest absolute Gasteiger partial charge is 0.478 e. The van der Waals surface area contributed by atoms with Crippen LogP contribution in [-0.4, -0.2) is 17.0 Å². The van der Waals surface area contributed by atoms with Gasteiger partial charge in [0.25, 0.3) is 0 Å². The molecule has 1 aromatic rings. The van der Waals surface area contributed by atoms with Gasteiger partial charge in [0.15, 0.2) is 0 Å². The van der Waals surface area contributed by atoms with Crippen LogP contribution in [0.3, 0.4) is 0 Å². The van der Waals surface area contributed by atoms with Crippen molar-refractivity contribution in [1.82, 2.24) is 0 Å². The summed E-state index contributed by atoms with van der Waals surface area (Å²) in [6.45, 7) is 7.76. The molecule has 0 aliphatic rings. The second-order valence-corrected chi connectivity index (χ2v) is 6.28. The number of nitrogens with one attached hydrogen (secondary N) is 1. The van der Waals surface area contributed by atoms with Crippen LogP contribution in [-0.2, 0) is 4.79 Å². The maximum absolute atomic E-state index is 12.3. The summed E-state index contributed by atoms with van der Waals surface area (Å²) in [6.07, 6.45) is 3.58. The molecule has 0 bridgehead atoms. The first-order valence-electron chi connectivity index (χ1n) is 7.06. The molecule has 20 heavy (non-hydrogen) atoms. The lowest BCUT2D eigenvalue weighted by Crippen LogP contribution is -2.23. The molecule has 0 spiro atoms. The SMILES string of the molecule is CCCC(CCC)C(=O)Nc1sc(C)c(C)c1C(=O)O. The number of carbonyl (C=O) groups excluding carboxylic acids is 1. The van der Waals surface area contributed by atoms with Crippen molar-refractivity contribution in [3.05, 3.63) is 16.0 Å². The van der Waals surface area contributed by atoms with E-state index >= 15 is 0 Å². The molecule has 0 aliphatic heterocycles. The van der Waals surface area contributed by atoms with E-state index in [1.165, 1.54) is 11.3 Å². The Kier molecular flexibility index (Phi) is 6.20. The second kappa shape index (κ2) is 7.43. The maximum Gasteiger partial charge on any atom is 0.338 e. The smallest absolute Gasteiger partial charge is 0.338 e. The zero-order valence-electron chi connectivity index (χ0n) is 12.6. The molecule has 0 saturated carbocycles. The Balaban J connectivity index is 2.94. The highest BCUT2D eigenvalue weighted by atomic mass is 32.1. The van der Waals surface area contributed by atoms with Crippen LogP contribution in [0.4, 0.5) is 5.00 Å². The quantitative estimate of drug-likeness (QED) is 0.792. The predicted molar refractivity (Wildman–Crippen MR) is 82.7 cm³/mol. The van der Waals surface area contributed by atoms with Crippen LogP contribution in [0, 0.1) is 19.8 Å². The lowest BCUT2D eigenvalue weighted by Gasteiger charge is -2.14. The molecule has 0 atom stereocenters. The zero-order valence-corrected chi connectivity index (χ0v) is 13.4. The predicted octanol–water partition coefficient (Wildman–Crippen LogP) is 4.22. The number of carbonyl (C=O) groups is 2. The average molecular weight is 297 g/mol. The number of thiophene rings is 1. The van der Waals surface area contributed by atoms with Gasteiger partial charge in [-0.3, -0.25) is 4.79 Å². The average Bonchev–Trinajstić information content (AvgIpc) is 2.64. The van der Waals surface area contributed by atoms with Gasteiger partial charge in [-0.15, -0.1) is 11.3 Å². The fourth-order valence-corrected chi connectivity index (χ4v) is 3.35. The molecular formula is C15H23NO3S.